The fourth-order valence-electron chi connectivity index (χ4n) is 2.03. The highest BCUT2D eigenvalue weighted by Crippen LogP contribution is 2.23. The molecule has 1 unspecified atom stereocenters. The molecule has 96 valence electrons. The van der Waals surface area contributed by atoms with E-state index >= 15 is 0 Å². The number of hydrogen-bond acceptors (Lipinski definition) is 3. The molecule has 0 saturated heterocycles. The van der Waals surface area contributed by atoms with Gasteiger partial charge in [-0.25, -0.2) is 0 Å². The molecule has 2 aromatic rings. The summed E-state index contributed by atoms with van der Waals surface area (Å²) < 4.78 is 0. The Balaban J connectivity index is 1.97. The molecule has 1 aromatic carbocycles. The second-order valence-corrected chi connectivity index (χ2v) is 5.50. The van der Waals surface area contributed by atoms with Gasteiger partial charge >= 0.3 is 0 Å². The number of aryl methyl sites for hydroxylation is 1. The van der Waals surface area contributed by atoms with E-state index in [1.165, 1.54) is 16.0 Å². The first-order valence-electron chi connectivity index (χ1n) is 6.16. The van der Waals surface area contributed by atoms with Gasteiger partial charge in [-0.05, 0) is 42.0 Å². The molecule has 18 heavy (non-hydrogen) atoms. The largest absolute Gasteiger partial charge is 0.392 e. The Morgan fingerprint density at radius 1 is 1.28 bits per heavy atom. The van der Waals surface area contributed by atoms with Gasteiger partial charge < -0.3 is 10.4 Å². The lowest BCUT2D eigenvalue weighted by Gasteiger charge is -2.14. The summed E-state index contributed by atoms with van der Waals surface area (Å²) >= 11 is 1.80. The zero-order chi connectivity index (χ0) is 13.0. The molecular formula is C15H19NOS. The quantitative estimate of drug-likeness (QED) is 0.864. The van der Waals surface area contributed by atoms with E-state index in [0.717, 1.165) is 12.1 Å². The van der Waals surface area contributed by atoms with Crippen molar-refractivity contribution < 1.29 is 5.11 Å². The van der Waals surface area contributed by atoms with Gasteiger partial charge in [0.2, 0.25) is 0 Å². The Labute approximate surface area is 112 Å². The Bertz CT molecular complexity index is 507. The summed E-state index contributed by atoms with van der Waals surface area (Å²) in [5, 5.41) is 14.8. The summed E-state index contributed by atoms with van der Waals surface area (Å²) in [6.07, 6.45) is 0. The maximum atomic E-state index is 9.11. The summed E-state index contributed by atoms with van der Waals surface area (Å²) in [5.41, 5.74) is 3.53. The van der Waals surface area contributed by atoms with Gasteiger partial charge in [0.25, 0.3) is 0 Å². The van der Waals surface area contributed by atoms with Crippen molar-refractivity contribution in [3.63, 3.8) is 0 Å². The summed E-state index contributed by atoms with van der Waals surface area (Å²) in [6, 6.07) is 10.6. The lowest BCUT2D eigenvalue weighted by Crippen LogP contribution is -2.17. The van der Waals surface area contributed by atoms with Crippen molar-refractivity contribution in [3.8, 4) is 0 Å². The molecule has 2 rings (SSSR count). The first kappa shape index (κ1) is 13.3. The van der Waals surface area contributed by atoms with Crippen LogP contribution in [-0.2, 0) is 13.2 Å². The van der Waals surface area contributed by atoms with E-state index in [1.807, 2.05) is 18.2 Å². The maximum absolute atomic E-state index is 9.11. The van der Waals surface area contributed by atoms with Crippen molar-refractivity contribution in [1.29, 1.82) is 0 Å². The average Bonchev–Trinajstić information content (AvgIpc) is 2.82. The molecule has 1 heterocycles. The SMILES string of the molecule is Cc1ccsc1C(C)NCc1cccc(CO)c1. The number of nitrogens with one attached hydrogen (secondary N) is 1. The van der Waals surface area contributed by atoms with Crippen LogP contribution in [0.4, 0.5) is 0 Å². The van der Waals surface area contributed by atoms with Crippen LogP contribution >= 0.6 is 11.3 Å². The lowest BCUT2D eigenvalue weighted by molar-refractivity contribution is 0.281. The molecule has 0 saturated carbocycles. The molecule has 3 heteroatoms. The highest BCUT2D eigenvalue weighted by molar-refractivity contribution is 7.10. The Hall–Kier alpha value is -1.16. The van der Waals surface area contributed by atoms with Gasteiger partial charge in [-0.2, -0.15) is 0 Å². The van der Waals surface area contributed by atoms with Crippen LogP contribution in [-0.4, -0.2) is 5.11 Å². The molecule has 0 aliphatic carbocycles. The van der Waals surface area contributed by atoms with Crippen LogP contribution < -0.4 is 5.32 Å². The van der Waals surface area contributed by atoms with Crippen LogP contribution in [0.25, 0.3) is 0 Å². The average molecular weight is 261 g/mol. The van der Waals surface area contributed by atoms with Gasteiger partial charge in [-0.3, -0.25) is 0 Å². The number of aliphatic hydroxyl groups excluding tert-OH is 1. The molecule has 0 aliphatic rings. The van der Waals surface area contributed by atoms with Crippen molar-refractivity contribution in [2.24, 2.45) is 0 Å². The van der Waals surface area contributed by atoms with Crippen LogP contribution in [0.15, 0.2) is 35.7 Å². The fraction of sp³-hybridized carbons (Fsp3) is 0.333. The van der Waals surface area contributed by atoms with Crippen molar-refractivity contribution >= 4 is 11.3 Å². The zero-order valence-corrected chi connectivity index (χ0v) is 11.6. The molecular weight excluding hydrogens is 242 g/mol. The summed E-state index contributed by atoms with van der Waals surface area (Å²) in [7, 11) is 0. The molecule has 0 aliphatic heterocycles. The molecule has 0 radical (unpaired) electrons. The van der Waals surface area contributed by atoms with Crippen LogP contribution in [0.2, 0.25) is 0 Å². The minimum absolute atomic E-state index is 0.105. The van der Waals surface area contributed by atoms with E-state index in [-0.39, 0.29) is 6.61 Å². The zero-order valence-electron chi connectivity index (χ0n) is 10.8. The van der Waals surface area contributed by atoms with Crippen molar-refractivity contribution in [2.45, 2.75) is 33.0 Å². The van der Waals surface area contributed by atoms with Crippen LogP contribution in [0.1, 0.15) is 34.5 Å². The van der Waals surface area contributed by atoms with E-state index in [0.29, 0.717) is 6.04 Å². The van der Waals surface area contributed by atoms with E-state index in [4.69, 9.17) is 5.11 Å². The number of thiophene rings is 1. The lowest BCUT2D eigenvalue weighted by atomic mass is 10.1. The van der Waals surface area contributed by atoms with Gasteiger partial charge in [-0.1, -0.05) is 24.3 Å². The maximum Gasteiger partial charge on any atom is 0.0681 e. The molecule has 1 atom stereocenters. The number of benzene rings is 1. The predicted octanol–water partition coefficient (Wildman–Crippen LogP) is 3.40. The highest BCUT2D eigenvalue weighted by atomic mass is 32.1. The van der Waals surface area contributed by atoms with Crippen molar-refractivity contribution in [3.05, 3.63) is 57.3 Å². The molecule has 0 amide bonds. The van der Waals surface area contributed by atoms with Crippen LogP contribution in [0.5, 0.6) is 0 Å². The van der Waals surface area contributed by atoms with Gasteiger partial charge in [-0.15, -0.1) is 11.3 Å². The second-order valence-electron chi connectivity index (χ2n) is 4.55. The van der Waals surface area contributed by atoms with Crippen LogP contribution in [0, 0.1) is 6.92 Å². The summed E-state index contributed by atoms with van der Waals surface area (Å²) in [4.78, 5) is 1.40. The molecule has 1 aromatic heterocycles. The summed E-state index contributed by atoms with van der Waals surface area (Å²) in [6.45, 7) is 5.27. The van der Waals surface area contributed by atoms with Gasteiger partial charge in [0.05, 0.1) is 6.61 Å². The van der Waals surface area contributed by atoms with E-state index in [2.05, 4.69) is 36.7 Å². The standard InChI is InChI=1S/C15H19NOS/c1-11-6-7-18-15(11)12(2)16-9-13-4-3-5-14(8-13)10-17/h3-8,12,16-17H,9-10H2,1-2H3. The van der Waals surface area contributed by atoms with E-state index < -0.39 is 0 Å². The smallest absolute Gasteiger partial charge is 0.0681 e. The third kappa shape index (κ3) is 3.19. The highest BCUT2D eigenvalue weighted by Gasteiger charge is 2.09. The van der Waals surface area contributed by atoms with E-state index in [1.54, 1.807) is 11.3 Å². The topological polar surface area (TPSA) is 32.3 Å². The fourth-order valence-corrected chi connectivity index (χ4v) is 2.99. The van der Waals surface area contributed by atoms with E-state index in [9.17, 15) is 0 Å². The van der Waals surface area contributed by atoms with Crippen molar-refractivity contribution in [2.75, 3.05) is 0 Å². The monoisotopic (exact) mass is 261 g/mol. The molecule has 0 fully saturated rings. The van der Waals surface area contributed by atoms with Gasteiger partial charge in [0.15, 0.2) is 0 Å². The Morgan fingerprint density at radius 3 is 2.72 bits per heavy atom. The second kappa shape index (κ2) is 6.14. The van der Waals surface area contributed by atoms with Crippen LogP contribution in [0.3, 0.4) is 0 Å². The molecule has 2 N–H and O–H groups in total. The summed E-state index contributed by atoms with van der Waals surface area (Å²) in [5.74, 6) is 0. The minimum atomic E-state index is 0.105. The number of hydrogen-bond donors (Lipinski definition) is 2. The van der Waals surface area contributed by atoms with Gasteiger partial charge in [0, 0.05) is 17.5 Å². The molecule has 2 nitrogen and oxygen atoms in total. The minimum Gasteiger partial charge on any atom is -0.392 e. The Kier molecular flexibility index (Phi) is 4.53. The first-order chi connectivity index (χ1) is 8.70. The Morgan fingerprint density at radius 2 is 2.06 bits per heavy atom. The first-order valence-corrected chi connectivity index (χ1v) is 7.04. The normalized spacial score (nSPS) is 12.6. The molecule has 0 bridgehead atoms. The molecule has 0 spiro atoms. The van der Waals surface area contributed by atoms with Gasteiger partial charge in [0.1, 0.15) is 0 Å². The van der Waals surface area contributed by atoms with Crippen molar-refractivity contribution in [1.82, 2.24) is 5.32 Å². The number of rotatable bonds is 5. The predicted molar refractivity (Wildman–Crippen MR) is 76.7 cm³/mol. The number of aliphatic hydroxyl groups is 1. The third-order valence-corrected chi connectivity index (χ3v) is 4.28. The third-order valence-electron chi connectivity index (χ3n) is 3.08.